The van der Waals surface area contributed by atoms with E-state index in [-0.39, 0.29) is 12.5 Å². The average molecular weight is 311 g/mol. The molecule has 1 amide bonds. The highest BCUT2D eigenvalue weighted by atomic mass is 32.1. The van der Waals surface area contributed by atoms with Crippen LogP contribution in [0.4, 0.5) is 0 Å². The maximum absolute atomic E-state index is 11.7. The molecule has 0 saturated heterocycles. The Kier molecular flexibility index (Phi) is 7.14. The number of carbonyl (C=O) groups is 1. The van der Waals surface area contributed by atoms with Crippen LogP contribution in [-0.2, 0) is 11.3 Å². The highest BCUT2D eigenvalue weighted by Crippen LogP contribution is 2.09. The maximum Gasteiger partial charge on any atom is 0.243 e. The number of hydrogen-bond donors (Lipinski definition) is 1. The molecular formula is C14H25N5OS. The summed E-state index contributed by atoms with van der Waals surface area (Å²) in [5.41, 5.74) is 1.02. The lowest BCUT2D eigenvalue weighted by atomic mass is 10.4. The molecule has 1 heterocycles. The zero-order valence-corrected chi connectivity index (χ0v) is 14.3. The van der Waals surface area contributed by atoms with Gasteiger partial charge in [0.2, 0.25) is 5.91 Å². The van der Waals surface area contributed by atoms with Crippen LogP contribution in [0.3, 0.4) is 0 Å². The van der Waals surface area contributed by atoms with Crippen molar-refractivity contribution >= 4 is 23.2 Å². The molecule has 0 aliphatic carbocycles. The Balaban J connectivity index is 2.70. The number of nitrogens with zero attached hydrogens (tertiary/aromatic N) is 4. The standard InChI is InChI=1S/C14H25N5OS/c1-6-7-15-14(16-8-13(20)18(3)4)19(5)9-12-10-21-11(2)17-12/h10H,6-9H2,1-5H3,(H,15,16). The van der Waals surface area contributed by atoms with Gasteiger partial charge in [0.25, 0.3) is 0 Å². The van der Waals surface area contributed by atoms with Crippen molar-refractivity contribution in [2.75, 3.05) is 34.2 Å². The number of aryl methyl sites for hydroxylation is 1. The highest BCUT2D eigenvalue weighted by Gasteiger charge is 2.10. The van der Waals surface area contributed by atoms with E-state index in [1.54, 1.807) is 30.3 Å². The van der Waals surface area contributed by atoms with Crippen molar-refractivity contribution in [2.24, 2.45) is 4.99 Å². The van der Waals surface area contributed by atoms with Crippen LogP contribution in [0.15, 0.2) is 10.4 Å². The summed E-state index contributed by atoms with van der Waals surface area (Å²) in [5.74, 6) is 0.724. The van der Waals surface area contributed by atoms with E-state index in [9.17, 15) is 4.79 Å². The summed E-state index contributed by atoms with van der Waals surface area (Å²) in [6.45, 7) is 5.75. The number of amides is 1. The van der Waals surface area contributed by atoms with Crippen LogP contribution >= 0.6 is 11.3 Å². The largest absolute Gasteiger partial charge is 0.356 e. The fourth-order valence-corrected chi connectivity index (χ4v) is 2.23. The minimum atomic E-state index is -0.0105. The molecule has 6 nitrogen and oxygen atoms in total. The number of thiazole rings is 1. The van der Waals surface area contributed by atoms with E-state index in [0.29, 0.717) is 6.54 Å². The molecule has 0 saturated carbocycles. The summed E-state index contributed by atoms with van der Waals surface area (Å²) in [6.07, 6.45) is 1.00. The summed E-state index contributed by atoms with van der Waals surface area (Å²) in [4.78, 5) is 24.1. The lowest BCUT2D eigenvalue weighted by molar-refractivity contribution is -0.127. The zero-order chi connectivity index (χ0) is 15.8. The first-order chi connectivity index (χ1) is 9.93. The van der Waals surface area contributed by atoms with E-state index in [2.05, 4.69) is 22.2 Å². The smallest absolute Gasteiger partial charge is 0.243 e. The molecule has 0 aliphatic rings. The van der Waals surface area contributed by atoms with Crippen molar-refractivity contribution in [3.63, 3.8) is 0 Å². The lowest BCUT2D eigenvalue weighted by Crippen LogP contribution is -2.40. The average Bonchev–Trinajstić information content (AvgIpc) is 2.83. The summed E-state index contributed by atoms with van der Waals surface area (Å²) >= 11 is 1.64. The van der Waals surface area contributed by atoms with Gasteiger partial charge in [-0.25, -0.2) is 9.98 Å². The molecule has 1 aromatic heterocycles. The van der Waals surface area contributed by atoms with Crippen molar-refractivity contribution in [1.82, 2.24) is 20.1 Å². The number of rotatable bonds is 6. The first-order valence-electron chi connectivity index (χ1n) is 7.04. The second-order valence-corrected chi connectivity index (χ2v) is 6.13. The van der Waals surface area contributed by atoms with Crippen LogP contribution in [0.25, 0.3) is 0 Å². The molecule has 0 unspecified atom stereocenters. The van der Waals surface area contributed by atoms with E-state index in [0.717, 1.165) is 29.6 Å². The van der Waals surface area contributed by atoms with Gasteiger partial charge in [-0.1, -0.05) is 6.92 Å². The molecule has 7 heteroatoms. The van der Waals surface area contributed by atoms with Crippen LogP contribution in [0.2, 0.25) is 0 Å². The summed E-state index contributed by atoms with van der Waals surface area (Å²) < 4.78 is 0. The second kappa shape index (κ2) is 8.61. The molecule has 21 heavy (non-hydrogen) atoms. The quantitative estimate of drug-likeness (QED) is 0.636. The van der Waals surface area contributed by atoms with Gasteiger partial charge in [0.1, 0.15) is 6.54 Å². The predicted octanol–water partition coefficient (Wildman–Crippen LogP) is 1.33. The van der Waals surface area contributed by atoms with Crippen LogP contribution in [-0.4, -0.2) is 60.9 Å². The van der Waals surface area contributed by atoms with E-state index < -0.39 is 0 Å². The molecule has 0 aromatic carbocycles. The molecule has 1 N–H and O–H groups in total. The Morgan fingerprint density at radius 1 is 1.43 bits per heavy atom. The van der Waals surface area contributed by atoms with Crippen molar-refractivity contribution < 1.29 is 4.79 Å². The molecule has 0 radical (unpaired) electrons. The Morgan fingerprint density at radius 3 is 2.67 bits per heavy atom. The molecule has 1 rings (SSSR count). The van der Waals surface area contributed by atoms with Gasteiger partial charge in [-0.2, -0.15) is 0 Å². The highest BCUT2D eigenvalue weighted by molar-refractivity contribution is 7.09. The van der Waals surface area contributed by atoms with Gasteiger partial charge in [-0.15, -0.1) is 11.3 Å². The molecule has 0 fully saturated rings. The van der Waals surface area contributed by atoms with E-state index in [1.807, 2.05) is 24.3 Å². The molecule has 0 bridgehead atoms. The predicted molar refractivity (Wildman–Crippen MR) is 87.6 cm³/mol. The molecule has 118 valence electrons. The Labute approximate surface area is 130 Å². The van der Waals surface area contributed by atoms with Gasteiger partial charge in [0.05, 0.1) is 17.2 Å². The second-order valence-electron chi connectivity index (χ2n) is 5.07. The normalized spacial score (nSPS) is 11.4. The monoisotopic (exact) mass is 311 g/mol. The number of aliphatic imine (C=N–C) groups is 1. The Morgan fingerprint density at radius 2 is 2.14 bits per heavy atom. The number of hydrogen-bond acceptors (Lipinski definition) is 4. The lowest BCUT2D eigenvalue weighted by Gasteiger charge is -2.21. The van der Waals surface area contributed by atoms with Gasteiger partial charge < -0.3 is 15.1 Å². The third kappa shape index (κ3) is 6.12. The third-order valence-corrected chi connectivity index (χ3v) is 3.65. The van der Waals surface area contributed by atoms with Gasteiger partial charge in [0, 0.05) is 33.1 Å². The molecular weight excluding hydrogens is 286 g/mol. The number of guanidine groups is 1. The van der Waals surface area contributed by atoms with Crippen LogP contribution < -0.4 is 5.32 Å². The minimum Gasteiger partial charge on any atom is -0.356 e. The summed E-state index contributed by atoms with van der Waals surface area (Å²) in [7, 11) is 5.42. The molecule has 1 aromatic rings. The number of carbonyl (C=O) groups excluding carboxylic acids is 1. The zero-order valence-electron chi connectivity index (χ0n) is 13.5. The minimum absolute atomic E-state index is 0.0105. The number of likely N-dealkylation sites (N-methyl/N-ethyl adjacent to an activating group) is 1. The SMILES string of the molecule is CCCNC(=NCC(=O)N(C)C)N(C)Cc1csc(C)n1. The fourth-order valence-electron chi connectivity index (χ4n) is 1.63. The first kappa shape index (κ1) is 17.4. The fraction of sp³-hybridized carbons (Fsp3) is 0.643. The van der Waals surface area contributed by atoms with Gasteiger partial charge >= 0.3 is 0 Å². The summed E-state index contributed by atoms with van der Waals surface area (Å²) in [6, 6.07) is 0. The van der Waals surface area contributed by atoms with E-state index in [1.165, 1.54) is 0 Å². The molecule has 0 aliphatic heterocycles. The Bertz CT molecular complexity index is 483. The van der Waals surface area contributed by atoms with Crippen molar-refractivity contribution in [3.05, 3.63) is 16.1 Å². The van der Waals surface area contributed by atoms with Crippen molar-refractivity contribution in [2.45, 2.75) is 26.8 Å². The van der Waals surface area contributed by atoms with Crippen molar-refractivity contribution in [1.29, 1.82) is 0 Å². The van der Waals surface area contributed by atoms with Crippen LogP contribution in [0.5, 0.6) is 0 Å². The number of aromatic nitrogens is 1. The van der Waals surface area contributed by atoms with Crippen LogP contribution in [0.1, 0.15) is 24.0 Å². The van der Waals surface area contributed by atoms with E-state index in [4.69, 9.17) is 0 Å². The third-order valence-electron chi connectivity index (χ3n) is 2.82. The number of nitrogens with one attached hydrogen (secondary N) is 1. The summed E-state index contributed by atoms with van der Waals surface area (Å²) in [5, 5.41) is 6.38. The van der Waals surface area contributed by atoms with E-state index >= 15 is 0 Å². The van der Waals surface area contributed by atoms with Gasteiger partial charge in [-0.3, -0.25) is 4.79 Å². The maximum atomic E-state index is 11.7. The van der Waals surface area contributed by atoms with Crippen molar-refractivity contribution in [3.8, 4) is 0 Å². The van der Waals surface area contributed by atoms with Gasteiger partial charge in [0.15, 0.2) is 5.96 Å². The molecule has 0 spiro atoms. The Hall–Kier alpha value is -1.63. The first-order valence-corrected chi connectivity index (χ1v) is 7.92. The molecule has 0 atom stereocenters. The topological polar surface area (TPSA) is 60.8 Å². The van der Waals surface area contributed by atoms with Crippen LogP contribution in [0, 0.1) is 6.92 Å². The van der Waals surface area contributed by atoms with Gasteiger partial charge in [-0.05, 0) is 13.3 Å².